The van der Waals surface area contributed by atoms with E-state index in [-0.39, 0.29) is 11.6 Å². The highest BCUT2D eigenvalue weighted by molar-refractivity contribution is 5.90. The van der Waals surface area contributed by atoms with Crippen molar-refractivity contribution in [3.63, 3.8) is 0 Å². The first-order valence-electron chi connectivity index (χ1n) is 9.07. The molecule has 26 heavy (non-hydrogen) atoms. The summed E-state index contributed by atoms with van der Waals surface area (Å²) in [5, 5.41) is 3.42. The van der Waals surface area contributed by atoms with E-state index in [2.05, 4.69) is 29.6 Å². The van der Waals surface area contributed by atoms with Crippen LogP contribution in [0.3, 0.4) is 0 Å². The molecule has 2 aliphatic rings. The summed E-state index contributed by atoms with van der Waals surface area (Å²) in [6, 6.07) is 15.8. The molecule has 0 aliphatic carbocycles. The normalized spacial score (nSPS) is 19.7. The van der Waals surface area contributed by atoms with Crippen molar-refractivity contribution >= 4 is 17.6 Å². The van der Waals surface area contributed by atoms with E-state index in [1.54, 1.807) is 0 Å². The number of hydrogen-bond donors (Lipinski definition) is 1. The zero-order valence-corrected chi connectivity index (χ0v) is 15.0. The van der Waals surface area contributed by atoms with Crippen molar-refractivity contribution in [1.29, 1.82) is 0 Å². The van der Waals surface area contributed by atoms with Crippen molar-refractivity contribution in [3.8, 4) is 5.75 Å². The molecule has 1 saturated heterocycles. The van der Waals surface area contributed by atoms with Crippen LogP contribution in [0, 0.1) is 0 Å². The number of fused-ring (bicyclic) bond motifs is 1. The topological polar surface area (TPSA) is 47.6 Å². The summed E-state index contributed by atoms with van der Waals surface area (Å²) in [6.07, 6.45) is 5.15. The SMILES string of the molecule is COC(=O)c1ccc(C=C2CC3(CCNCC3)Oc3ccccc32)cc1. The van der Waals surface area contributed by atoms with Crippen molar-refractivity contribution in [2.24, 2.45) is 0 Å². The van der Waals surface area contributed by atoms with Gasteiger partial charge in [-0.15, -0.1) is 0 Å². The zero-order valence-electron chi connectivity index (χ0n) is 15.0. The van der Waals surface area contributed by atoms with Gasteiger partial charge < -0.3 is 14.8 Å². The summed E-state index contributed by atoms with van der Waals surface area (Å²) in [4.78, 5) is 11.6. The maximum Gasteiger partial charge on any atom is 0.337 e. The van der Waals surface area contributed by atoms with Crippen molar-refractivity contribution in [2.45, 2.75) is 24.9 Å². The van der Waals surface area contributed by atoms with Gasteiger partial charge in [0.2, 0.25) is 0 Å². The second-order valence-corrected chi connectivity index (χ2v) is 6.99. The van der Waals surface area contributed by atoms with Crippen molar-refractivity contribution in [2.75, 3.05) is 20.2 Å². The van der Waals surface area contributed by atoms with Crippen LogP contribution in [0.4, 0.5) is 0 Å². The number of para-hydroxylation sites is 1. The molecule has 0 bridgehead atoms. The molecule has 2 aromatic rings. The van der Waals surface area contributed by atoms with Gasteiger partial charge in [-0.2, -0.15) is 0 Å². The predicted molar refractivity (Wildman–Crippen MR) is 102 cm³/mol. The van der Waals surface area contributed by atoms with Gasteiger partial charge in [0, 0.05) is 12.0 Å². The highest BCUT2D eigenvalue weighted by Gasteiger charge is 2.39. The molecule has 0 aromatic heterocycles. The Morgan fingerprint density at radius 2 is 1.85 bits per heavy atom. The fraction of sp³-hybridized carbons (Fsp3) is 0.318. The average molecular weight is 349 g/mol. The van der Waals surface area contributed by atoms with Crippen molar-refractivity contribution < 1.29 is 14.3 Å². The van der Waals surface area contributed by atoms with Crippen molar-refractivity contribution in [1.82, 2.24) is 5.32 Å². The Morgan fingerprint density at radius 3 is 2.58 bits per heavy atom. The van der Waals surface area contributed by atoms with E-state index < -0.39 is 0 Å². The number of carbonyl (C=O) groups is 1. The first kappa shape index (κ1) is 16.9. The third-order valence-corrected chi connectivity index (χ3v) is 5.26. The lowest BCUT2D eigenvalue weighted by molar-refractivity contribution is 0.0359. The fourth-order valence-corrected chi connectivity index (χ4v) is 3.86. The lowest BCUT2D eigenvalue weighted by Crippen LogP contribution is -2.47. The van der Waals surface area contributed by atoms with Crippen LogP contribution >= 0.6 is 0 Å². The van der Waals surface area contributed by atoms with Crippen LogP contribution in [0.1, 0.15) is 40.7 Å². The first-order valence-corrected chi connectivity index (χ1v) is 9.07. The first-order chi connectivity index (χ1) is 12.7. The molecule has 0 unspecified atom stereocenters. The molecule has 2 aliphatic heterocycles. The van der Waals surface area contributed by atoms with Gasteiger partial charge in [0.1, 0.15) is 11.4 Å². The van der Waals surface area contributed by atoms with Crippen LogP contribution in [0.15, 0.2) is 48.5 Å². The highest BCUT2D eigenvalue weighted by Crippen LogP contribution is 2.44. The van der Waals surface area contributed by atoms with Crippen LogP contribution in [0.2, 0.25) is 0 Å². The minimum Gasteiger partial charge on any atom is -0.486 e. The van der Waals surface area contributed by atoms with Crippen LogP contribution in [0.5, 0.6) is 5.75 Å². The average Bonchev–Trinajstić information content (AvgIpc) is 2.68. The third kappa shape index (κ3) is 3.25. The second kappa shape index (κ2) is 6.96. The summed E-state index contributed by atoms with van der Waals surface area (Å²) < 4.78 is 11.2. The van der Waals surface area contributed by atoms with Crippen LogP contribution in [-0.2, 0) is 4.74 Å². The van der Waals surface area contributed by atoms with Gasteiger partial charge in [0.05, 0.1) is 12.7 Å². The highest BCUT2D eigenvalue weighted by atomic mass is 16.5. The number of carbonyl (C=O) groups excluding carboxylic acids is 1. The number of ether oxygens (including phenoxy) is 2. The van der Waals surface area contributed by atoms with Gasteiger partial charge in [-0.25, -0.2) is 4.79 Å². The van der Waals surface area contributed by atoms with E-state index in [4.69, 9.17) is 9.47 Å². The Hall–Kier alpha value is -2.59. The number of rotatable bonds is 2. The minimum atomic E-state index is -0.311. The standard InChI is InChI=1S/C22H23NO3/c1-25-21(24)17-8-6-16(7-9-17)14-18-15-22(10-12-23-13-11-22)26-20-5-3-2-4-19(18)20/h2-9,14,23H,10-13,15H2,1H3. The minimum absolute atomic E-state index is 0.114. The molecule has 1 fully saturated rings. The quantitative estimate of drug-likeness (QED) is 0.835. The van der Waals surface area contributed by atoms with E-state index in [1.807, 2.05) is 30.3 Å². The van der Waals surface area contributed by atoms with Crippen LogP contribution in [-0.4, -0.2) is 31.8 Å². The van der Waals surface area contributed by atoms with Crippen molar-refractivity contribution in [3.05, 3.63) is 65.2 Å². The Kier molecular flexibility index (Phi) is 4.51. The van der Waals surface area contributed by atoms with Crippen LogP contribution < -0.4 is 10.1 Å². The van der Waals surface area contributed by atoms with E-state index >= 15 is 0 Å². The summed E-state index contributed by atoms with van der Waals surface area (Å²) in [5.41, 5.74) is 3.98. The summed E-state index contributed by atoms with van der Waals surface area (Å²) in [7, 11) is 1.40. The molecular weight excluding hydrogens is 326 g/mol. The largest absolute Gasteiger partial charge is 0.486 e. The Bertz CT molecular complexity index is 833. The molecule has 4 rings (SSSR count). The molecule has 0 radical (unpaired) electrons. The van der Waals surface area contributed by atoms with Crippen LogP contribution in [0.25, 0.3) is 11.6 Å². The van der Waals surface area contributed by atoms with E-state index in [9.17, 15) is 4.79 Å². The monoisotopic (exact) mass is 349 g/mol. The zero-order chi connectivity index (χ0) is 18.0. The Labute approximate surface area is 153 Å². The Balaban J connectivity index is 1.69. The lowest BCUT2D eigenvalue weighted by atomic mass is 9.80. The molecule has 0 saturated carbocycles. The molecule has 2 heterocycles. The molecule has 4 nitrogen and oxygen atoms in total. The van der Waals surface area contributed by atoms with Gasteiger partial charge >= 0.3 is 5.97 Å². The molecule has 0 atom stereocenters. The molecule has 134 valence electrons. The maximum atomic E-state index is 11.6. The molecule has 2 aromatic carbocycles. The van der Waals surface area contributed by atoms with Gasteiger partial charge in [-0.1, -0.05) is 36.4 Å². The van der Waals surface area contributed by atoms with E-state index in [1.165, 1.54) is 12.7 Å². The summed E-state index contributed by atoms with van der Waals surface area (Å²) >= 11 is 0. The fourth-order valence-electron chi connectivity index (χ4n) is 3.86. The lowest BCUT2D eigenvalue weighted by Gasteiger charge is -2.42. The number of piperidine rings is 1. The van der Waals surface area contributed by atoms with Gasteiger partial charge in [0.25, 0.3) is 0 Å². The van der Waals surface area contributed by atoms with Gasteiger partial charge in [0.15, 0.2) is 0 Å². The molecular formula is C22H23NO3. The maximum absolute atomic E-state index is 11.6. The molecule has 4 heteroatoms. The third-order valence-electron chi connectivity index (χ3n) is 5.26. The number of esters is 1. The smallest absolute Gasteiger partial charge is 0.337 e. The number of nitrogens with one attached hydrogen (secondary N) is 1. The van der Waals surface area contributed by atoms with E-state index in [0.29, 0.717) is 5.56 Å². The molecule has 1 spiro atoms. The van der Waals surface area contributed by atoms with Gasteiger partial charge in [-0.05, 0) is 55.3 Å². The number of methoxy groups -OCH3 is 1. The number of hydrogen-bond acceptors (Lipinski definition) is 4. The predicted octanol–water partition coefficient (Wildman–Crippen LogP) is 3.92. The molecule has 1 N–H and O–H groups in total. The molecule has 0 amide bonds. The second-order valence-electron chi connectivity index (χ2n) is 6.99. The number of benzene rings is 2. The van der Waals surface area contributed by atoms with Gasteiger partial charge in [-0.3, -0.25) is 0 Å². The Morgan fingerprint density at radius 1 is 1.12 bits per heavy atom. The summed E-state index contributed by atoms with van der Waals surface area (Å²) in [5.74, 6) is 0.660. The summed E-state index contributed by atoms with van der Waals surface area (Å²) in [6.45, 7) is 1.98. The van der Waals surface area contributed by atoms with E-state index in [0.717, 1.165) is 49.2 Å².